The largest absolute Gasteiger partial charge is 0.493 e. The Hall–Kier alpha value is -3.42. The van der Waals surface area contributed by atoms with Gasteiger partial charge in [0.15, 0.2) is 17.5 Å². The highest BCUT2D eigenvalue weighted by Crippen LogP contribution is 2.26. The summed E-state index contributed by atoms with van der Waals surface area (Å²) >= 11 is 0. The van der Waals surface area contributed by atoms with Gasteiger partial charge in [0.05, 0.1) is 20.8 Å². The minimum atomic E-state index is -0.495. The summed E-state index contributed by atoms with van der Waals surface area (Å²) < 4.78 is 15.8. The highest BCUT2D eigenvalue weighted by Gasteiger charge is 2.09. The van der Waals surface area contributed by atoms with E-state index in [1.54, 1.807) is 14.2 Å². The maximum Gasteiger partial charge on any atom is 0.411 e. The highest BCUT2D eigenvalue weighted by molar-refractivity contribution is 5.84. The second kappa shape index (κ2) is 11.4. The van der Waals surface area contributed by atoms with E-state index < -0.39 is 6.09 Å². The van der Waals surface area contributed by atoms with Crippen molar-refractivity contribution in [3.05, 3.63) is 54.1 Å². The number of nitrogens with one attached hydrogen (secondary N) is 3. The second-order valence-corrected chi connectivity index (χ2v) is 6.20. The van der Waals surface area contributed by atoms with E-state index in [1.165, 1.54) is 7.11 Å². The molecule has 2 aromatic rings. The van der Waals surface area contributed by atoms with Crippen molar-refractivity contribution < 1.29 is 19.0 Å². The first-order valence-corrected chi connectivity index (χ1v) is 9.23. The third-order valence-corrected chi connectivity index (χ3v) is 4.02. The van der Waals surface area contributed by atoms with Crippen molar-refractivity contribution >= 4 is 17.7 Å². The van der Waals surface area contributed by atoms with Crippen LogP contribution < -0.4 is 25.4 Å². The van der Waals surface area contributed by atoms with Gasteiger partial charge in [-0.15, -0.1) is 0 Å². The van der Waals surface area contributed by atoms with Crippen LogP contribution in [0.5, 0.6) is 11.5 Å². The Kier molecular flexibility index (Phi) is 8.62. The molecule has 156 valence electrons. The Morgan fingerprint density at radius 2 is 1.72 bits per heavy atom. The normalized spacial score (nSPS) is 11.9. The van der Waals surface area contributed by atoms with Crippen LogP contribution in [0.1, 0.15) is 12.5 Å². The molecule has 29 heavy (non-hydrogen) atoms. The van der Waals surface area contributed by atoms with Gasteiger partial charge < -0.3 is 24.8 Å². The maximum absolute atomic E-state index is 11.2. The average molecular weight is 400 g/mol. The zero-order valence-electron chi connectivity index (χ0n) is 17.2. The zero-order valence-corrected chi connectivity index (χ0v) is 17.2. The van der Waals surface area contributed by atoms with Gasteiger partial charge in [-0.2, -0.15) is 0 Å². The Bertz CT molecular complexity index is 809. The number of methoxy groups -OCH3 is 2. The minimum absolute atomic E-state index is 0.0893. The zero-order chi connectivity index (χ0) is 21.1. The Balaban J connectivity index is 1.79. The predicted octanol–water partition coefficient (Wildman–Crippen LogP) is 3.01. The molecule has 0 bridgehead atoms. The molecule has 3 N–H and O–H groups in total. The fraction of sp³-hybridized carbons (Fsp3) is 0.333. The van der Waals surface area contributed by atoms with Crippen LogP contribution in [0.15, 0.2) is 53.5 Å². The average Bonchev–Trinajstić information content (AvgIpc) is 2.75. The van der Waals surface area contributed by atoms with Gasteiger partial charge in [0.2, 0.25) is 0 Å². The summed E-state index contributed by atoms with van der Waals surface area (Å²) in [6.45, 7) is 3.12. The van der Waals surface area contributed by atoms with Crippen molar-refractivity contribution in [1.29, 1.82) is 0 Å². The molecule has 0 radical (unpaired) electrons. The first-order chi connectivity index (χ1) is 14.0. The number of hydrogen-bond acceptors (Lipinski definition) is 5. The molecule has 0 spiro atoms. The summed E-state index contributed by atoms with van der Waals surface area (Å²) in [5.74, 6) is 2.07. The van der Waals surface area contributed by atoms with Gasteiger partial charge in [-0.25, -0.2) is 4.79 Å². The lowest BCUT2D eigenvalue weighted by atomic mass is 10.2. The fourth-order valence-electron chi connectivity index (χ4n) is 2.50. The smallest absolute Gasteiger partial charge is 0.411 e. The molecule has 8 nitrogen and oxygen atoms in total. The molecule has 0 saturated heterocycles. The van der Waals surface area contributed by atoms with E-state index in [4.69, 9.17) is 9.47 Å². The molecule has 2 rings (SSSR count). The number of carbonyl (C=O) groups excluding carboxylic acids is 1. The molecule has 0 aromatic heterocycles. The minimum Gasteiger partial charge on any atom is -0.493 e. The number of guanidine groups is 1. The van der Waals surface area contributed by atoms with Crippen LogP contribution in [0, 0.1) is 0 Å². The summed E-state index contributed by atoms with van der Waals surface area (Å²) in [4.78, 5) is 15.4. The molecule has 8 heteroatoms. The van der Waals surface area contributed by atoms with E-state index in [-0.39, 0.29) is 6.10 Å². The number of carbonyl (C=O) groups is 1. The number of para-hydroxylation sites is 2. The molecular formula is C21H28N4O4. The maximum atomic E-state index is 11.2. The van der Waals surface area contributed by atoms with Gasteiger partial charge in [0.25, 0.3) is 0 Å². The molecule has 0 saturated carbocycles. The van der Waals surface area contributed by atoms with Crippen LogP contribution in [0.4, 0.5) is 10.5 Å². The van der Waals surface area contributed by atoms with Crippen LogP contribution in [0.2, 0.25) is 0 Å². The third-order valence-electron chi connectivity index (χ3n) is 4.02. The van der Waals surface area contributed by atoms with Crippen molar-refractivity contribution in [1.82, 2.24) is 10.6 Å². The molecule has 0 heterocycles. The molecule has 0 fully saturated rings. The van der Waals surface area contributed by atoms with Gasteiger partial charge in [-0.3, -0.25) is 10.3 Å². The number of amides is 1. The van der Waals surface area contributed by atoms with Gasteiger partial charge in [-0.1, -0.05) is 24.3 Å². The van der Waals surface area contributed by atoms with Gasteiger partial charge in [0.1, 0.15) is 6.10 Å². The van der Waals surface area contributed by atoms with Crippen LogP contribution >= 0.6 is 0 Å². The second-order valence-electron chi connectivity index (χ2n) is 6.20. The van der Waals surface area contributed by atoms with Crippen molar-refractivity contribution in [2.45, 2.75) is 19.6 Å². The van der Waals surface area contributed by atoms with Crippen molar-refractivity contribution in [2.75, 3.05) is 33.1 Å². The summed E-state index contributed by atoms with van der Waals surface area (Å²) in [7, 11) is 4.66. The van der Waals surface area contributed by atoms with Crippen LogP contribution in [0.25, 0.3) is 0 Å². The van der Waals surface area contributed by atoms with Crippen LogP contribution in [-0.2, 0) is 11.3 Å². The molecular weight excluding hydrogens is 372 g/mol. The molecule has 0 aliphatic carbocycles. The standard InChI is InChI=1S/C21H28N4O4/c1-15(29-19-8-6-5-7-18(19)27-3)13-23-20(22-2)24-14-16-9-11-17(12-10-16)25-21(26)28-4/h5-12,15H,13-14H2,1-4H3,(H,25,26)(H2,22,23,24). The first-order valence-electron chi connectivity index (χ1n) is 9.23. The fourth-order valence-corrected chi connectivity index (χ4v) is 2.50. The number of rotatable bonds is 8. The highest BCUT2D eigenvalue weighted by atomic mass is 16.5. The summed E-state index contributed by atoms with van der Waals surface area (Å²) in [5, 5.41) is 9.10. The van der Waals surface area contributed by atoms with Crippen LogP contribution in [-0.4, -0.2) is 46.0 Å². The number of aliphatic imine (C=N–C) groups is 1. The Morgan fingerprint density at radius 1 is 1.03 bits per heavy atom. The van der Waals surface area contributed by atoms with Gasteiger partial charge in [0, 0.05) is 19.3 Å². The SMILES string of the molecule is CN=C(NCc1ccc(NC(=O)OC)cc1)NCC(C)Oc1ccccc1OC. The number of benzene rings is 2. The Labute approximate surface area is 171 Å². The molecule has 1 atom stereocenters. The first kappa shape index (κ1) is 21.9. The molecule has 1 unspecified atom stereocenters. The van der Waals surface area contributed by atoms with E-state index in [0.717, 1.165) is 5.56 Å². The number of ether oxygens (including phenoxy) is 3. The van der Waals surface area contributed by atoms with Gasteiger partial charge >= 0.3 is 6.09 Å². The topological polar surface area (TPSA) is 93.2 Å². The van der Waals surface area contributed by atoms with E-state index in [0.29, 0.717) is 36.2 Å². The molecule has 2 aromatic carbocycles. The van der Waals surface area contributed by atoms with E-state index in [1.807, 2.05) is 55.5 Å². The van der Waals surface area contributed by atoms with Gasteiger partial charge in [-0.05, 0) is 36.8 Å². The van der Waals surface area contributed by atoms with Crippen molar-refractivity contribution in [3.8, 4) is 11.5 Å². The molecule has 0 aliphatic rings. The van der Waals surface area contributed by atoms with Crippen LogP contribution in [0.3, 0.4) is 0 Å². The summed E-state index contributed by atoms with van der Waals surface area (Å²) in [6.07, 6.45) is -0.585. The predicted molar refractivity (Wildman–Crippen MR) is 114 cm³/mol. The van der Waals surface area contributed by atoms with E-state index in [9.17, 15) is 4.79 Å². The quantitative estimate of drug-likeness (QED) is 0.466. The molecule has 1 amide bonds. The third kappa shape index (κ3) is 7.25. The lowest BCUT2D eigenvalue weighted by Crippen LogP contribution is -2.41. The van der Waals surface area contributed by atoms with E-state index in [2.05, 4.69) is 25.7 Å². The monoisotopic (exact) mass is 400 g/mol. The lowest BCUT2D eigenvalue weighted by Gasteiger charge is -2.19. The number of nitrogens with zero attached hydrogens (tertiary/aromatic N) is 1. The number of hydrogen-bond donors (Lipinski definition) is 3. The van der Waals surface area contributed by atoms with E-state index >= 15 is 0 Å². The van der Waals surface area contributed by atoms with Crippen molar-refractivity contribution in [3.63, 3.8) is 0 Å². The summed E-state index contributed by atoms with van der Waals surface area (Å²) in [6, 6.07) is 15.0. The summed E-state index contributed by atoms with van der Waals surface area (Å²) in [5.41, 5.74) is 1.71. The Morgan fingerprint density at radius 3 is 2.34 bits per heavy atom. The van der Waals surface area contributed by atoms with Crippen molar-refractivity contribution in [2.24, 2.45) is 4.99 Å². The number of anilines is 1. The lowest BCUT2D eigenvalue weighted by molar-refractivity contribution is 0.187. The molecule has 0 aliphatic heterocycles.